The molecule has 0 fully saturated rings. The molecule has 0 aliphatic rings. The van der Waals surface area contributed by atoms with Gasteiger partial charge in [-0.25, -0.2) is 0 Å². The standard InChI is InChI=1S/C51H89N5O6/c1-4-7-10-13-16-19-22-25-28-31-38-52-46(57)41-60-45-36-34-44(35-37-45)49-55-50(61-42-47(58)53-39-32-29-26-23-20-17-14-11-8-5-2)51(56-49)62-43-48(59)54-40-33-30-27-24-21-18-15-12-9-6-3/h34-37H,4-33,38-43H2,1-3H3,(H,52,57)(H,53,58)(H,54,59)(H,55,56). The third-order valence-electron chi connectivity index (χ3n) is 11.4. The average Bonchev–Trinajstić information content (AvgIpc) is 3.70. The van der Waals surface area contributed by atoms with Crippen molar-refractivity contribution in [1.82, 2.24) is 25.9 Å². The van der Waals surface area contributed by atoms with Gasteiger partial charge in [0.15, 0.2) is 19.8 Å². The molecule has 0 aliphatic carbocycles. The largest absolute Gasteiger partial charge is 0.484 e. The topological polar surface area (TPSA) is 144 Å². The van der Waals surface area contributed by atoms with Crippen LogP contribution in [0.3, 0.4) is 0 Å². The zero-order chi connectivity index (χ0) is 44.6. The van der Waals surface area contributed by atoms with Gasteiger partial charge in [-0.15, -0.1) is 0 Å². The van der Waals surface area contributed by atoms with E-state index in [9.17, 15) is 14.4 Å². The van der Waals surface area contributed by atoms with Crippen LogP contribution in [0.2, 0.25) is 0 Å². The summed E-state index contributed by atoms with van der Waals surface area (Å²) in [6.45, 7) is 8.10. The Morgan fingerprint density at radius 3 is 1.13 bits per heavy atom. The lowest BCUT2D eigenvalue weighted by Crippen LogP contribution is -2.30. The van der Waals surface area contributed by atoms with Crippen LogP contribution in [0, 0.1) is 0 Å². The Bertz CT molecular complexity index is 1320. The molecule has 2 rings (SSSR count). The molecule has 0 spiro atoms. The molecule has 11 nitrogen and oxygen atoms in total. The predicted octanol–water partition coefficient (Wildman–Crippen LogP) is 12.3. The summed E-state index contributed by atoms with van der Waals surface area (Å²) in [6, 6.07) is 7.19. The maximum absolute atomic E-state index is 12.7. The van der Waals surface area contributed by atoms with Gasteiger partial charge in [0.1, 0.15) is 11.6 Å². The van der Waals surface area contributed by atoms with Gasteiger partial charge in [-0.1, -0.05) is 194 Å². The number of amides is 3. The summed E-state index contributed by atoms with van der Waals surface area (Å²) in [5.74, 6) is 0.686. The molecule has 2 aromatic rings. The van der Waals surface area contributed by atoms with Gasteiger partial charge in [-0.05, 0) is 43.5 Å². The van der Waals surface area contributed by atoms with E-state index in [2.05, 4.69) is 46.7 Å². The first-order chi connectivity index (χ1) is 30.5. The number of carbonyl (C=O) groups is 3. The number of hydrogen-bond donors (Lipinski definition) is 4. The normalized spacial score (nSPS) is 11.1. The molecule has 0 unspecified atom stereocenters. The average molecular weight is 868 g/mol. The molecule has 354 valence electrons. The SMILES string of the molecule is CCCCCCCCCCCCNC(=O)COc1ccc(-c2nc(OCC(=O)NCCCCCCCCCCCC)c(OCC(=O)NCCCCCCCCCCCC)[nH]2)cc1. The molecule has 11 heteroatoms. The summed E-state index contributed by atoms with van der Waals surface area (Å²) in [5, 5.41) is 8.86. The van der Waals surface area contributed by atoms with Crippen LogP contribution >= 0.6 is 0 Å². The van der Waals surface area contributed by atoms with Gasteiger partial charge >= 0.3 is 0 Å². The van der Waals surface area contributed by atoms with E-state index in [1.165, 1.54) is 154 Å². The molecule has 1 aromatic carbocycles. The van der Waals surface area contributed by atoms with Crippen LogP contribution in [-0.2, 0) is 14.4 Å². The van der Waals surface area contributed by atoms with Crippen LogP contribution in [-0.4, -0.2) is 67.1 Å². The fourth-order valence-electron chi connectivity index (χ4n) is 7.48. The molecule has 1 heterocycles. The van der Waals surface area contributed by atoms with Crippen molar-refractivity contribution in [2.45, 2.75) is 213 Å². The Morgan fingerprint density at radius 1 is 0.435 bits per heavy atom. The van der Waals surface area contributed by atoms with Crippen molar-refractivity contribution >= 4 is 17.7 Å². The van der Waals surface area contributed by atoms with Crippen LogP contribution in [0.4, 0.5) is 0 Å². The highest BCUT2D eigenvalue weighted by atomic mass is 16.5. The van der Waals surface area contributed by atoms with Crippen LogP contribution < -0.4 is 30.2 Å². The number of imidazole rings is 1. The number of nitrogens with one attached hydrogen (secondary N) is 4. The van der Waals surface area contributed by atoms with E-state index in [4.69, 9.17) is 14.2 Å². The van der Waals surface area contributed by atoms with Crippen molar-refractivity contribution < 1.29 is 28.6 Å². The molecule has 0 aliphatic heterocycles. The monoisotopic (exact) mass is 868 g/mol. The third kappa shape index (κ3) is 29.5. The number of benzene rings is 1. The fourth-order valence-corrected chi connectivity index (χ4v) is 7.48. The molecule has 0 radical (unpaired) electrons. The van der Waals surface area contributed by atoms with E-state index >= 15 is 0 Å². The number of carbonyl (C=O) groups excluding carboxylic acids is 3. The zero-order valence-electron chi connectivity index (χ0n) is 39.7. The summed E-state index contributed by atoms with van der Waals surface area (Å²) >= 11 is 0. The van der Waals surface area contributed by atoms with Gasteiger partial charge in [-0.2, -0.15) is 4.98 Å². The van der Waals surface area contributed by atoms with E-state index < -0.39 is 0 Å². The second-order valence-corrected chi connectivity index (χ2v) is 17.2. The Balaban J connectivity index is 1.80. The van der Waals surface area contributed by atoms with Gasteiger partial charge in [0.25, 0.3) is 29.5 Å². The lowest BCUT2D eigenvalue weighted by molar-refractivity contribution is -0.124. The first-order valence-corrected chi connectivity index (χ1v) is 25.4. The number of hydrogen-bond acceptors (Lipinski definition) is 7. The molecule has 1 aromatic heterocycles. The van der Waals surface area contributed by atoms with Crippen molar-refractivity contribution in [2.24, 2.45) is 0 Å². The second kappa shape index (κ2) is 38.9. The summed E-state index contributed by atoms with van der Waals surface area (Å²) in [6.07, 6.45) is 37.3. The summed E-state index contributed by atoms with van der Waals surface area (Å²) < 4.78 is 17.5. The van der Waals surface area contributed by atoms with Crippen molar-refractivity contribution in [3.8, 4) is 28.9 Å². The minimum absolute atomic E-state index is 0.0592. The van der Waals surface area contributed by atoms with Crippen molar-refractivity contribution in [2.75, 3.05) is 39.5 Å². The molecule has 0 saturated carbocycles. The molecule has 0 saturated heterocycles. The molecular formula is C51H89N5O6. The quantitative estimate of drug-likeness (QED) is 0.0486. The van der Waals surface area contributed by atoms with Crippen LogP contribution in [0.15, 0.2) is 24.3 Å². The number of H-pyrrole nitrogens is 1. The first-order valence-electron chi connectivity index (χ1n) is 25.4. The number of nitrogens with zero attached hydrogens (tertiary/aromatic N) is 1. The Morgan fingerprint density at radius 2 is 0.758 bits per heavy atom. The lowest BCUT2D eigenvalue weighted by Gasteiger charge is -2.09. The molecule has 3 amide bonds. The summed E-state index contributed by atoms with van der Waals surface area (Å²) in [7, 11) is 0. The predicted molar refractivity (Wildman–Crippen MR) is 255 cm³/mol. The molecule has 0 atom stereocenters. The van der Waals surface area contributed by atoms with Crippen molar-refractivity contribution in [3.63, 3.8) is 0 Å². The number of ether oxygens (including phenoxy) is 3. The first kappa shape index (κ1) is 54.4. The van der Waals surface area contributed by atoms with Crippen LogP contribution in [0.5, 0.6) is 17.5 Å². The highest BCUT2D eigenvalue weighted by Crippen LogP contribution is 2.30. The van der Waals surface area contributed by atoms with Crippen molar-refractivity contribution in [3.05, 3.63) is 24.3 Å². The number of aromatic nitrogens is 2. The highest BCUT2D eigenvalue weighted by Gasteiger charge is 2.18. The van der Waals surface area contributed by atoms with E-state index in [1.54, 1.807) is 12.1 Å². The zero-order valence-corrected chi connectivity index (χ0v) is 39.7. The second-order valence-electron chi connectivity index (χ2n) is 17.2. The minimum Gasteiger partial charge on any atom is -0.484 e. The molecular weight excluding hydrogens is 779 g/mol. The maximum Gasteiger partial charge on any atom is 0.278 e. The highest BCUT2D eigenvalue weighted by molar-refractivity contribution is 5.78. The van der Waals surface area contributed by atoms with Gasteiger partial charge in [-0.3, -0.25) is 14.4 Å². The smallest absolute Gasteiger partial charge is 0.278 e. The van der Waals surface area contributed by atoms with E-state index in [1.807, 2.05) is 12.1 Å². The molecule has 4 N–H and O–H groups in total. The lowest BCUT2D eigenvalue weighted by atomic mass is 10.1. The van der Waals surface area contributed by atoms with Gasteiger partial charge in [0, 0.05) is 25.2 Å². The fraction of sp³-hybridized carbons (Fsp3) is 0.765. The van der Waals surface area contributed by atoms with Crippen LogP contribution in [0.1, 0.15) is 213 Å². The van der Waals surface area contributed by atoms with E-state index in [0.717, 1.165) is 44.1 Å². The number of rotatable bonds is 43. The summed E-state index contributed by atoms with van der Waals surface area (Å²) in [4.78, 5) is 45.5. The van der Waals surface area contributed by atoms with E-state index in [0.29, 0.717) is 31.2 Å². The number of unbranched alkanes of at least 4 members (excludes halogenated alkanes) is 27. The van der Waals surface area contributed by atoms with Crippen LogP contribution in [0.25, 0.3) is 11.4 Å². The third-order valence-corrected chi connectivity index (χ3v) is 11.4. The maximum atomic E-state index is 12.7. The van der Waals surface area contributed by atoms with Crippen molar-refractivity contribution in [1.29, 1.82) is 0 Å². The molecule has 62 heavy (non-hydrogen) atoms. The Hall–Kier alpha value is -3.76. The van der Waals surface area contributed by atoms with E-state index in [-0.39, 0.29) is 49.3 Å². The Labute approximate surface area is 377 Å². The van der Waals surface area contributed by atoms with Gasteiger partial charge < -0.3 is 35.1 Å². The number of aromatic amines is 1. The summed E-state index contributed by atoms with van der Waals surface area (Å²) in [5.41, 5.74) is 0.721. The minimum atomic E-state index is -0.236. The molecule has 0 bridgehead atoms. The van der Waals surface area contributed by atoms with Gasteiger partial charge in [0.05, 0.1) is 0 Å². The van der Waals surface area contributed by atoms with Gasteiger partial charge in [0.2, 0.25) is 0 Å². The Kier molecular flexibility index (Phi) is 34.1.